The van der Waals surface area contributed by atoms with Crippen LogP contribution in [0.15, 0.2) is 34.7 Å². The van der Waals surface area contributed by atoms with Crippen molar-refractivity contribution in [2.75, 3.05) is 13.2 Å². The minimum Gasteiger partial charge on any atom is -0.459 e. The van der Waals surface area contributed by atoms with Gasteiger partial charge in [0, 0.05) is 12.0 Å². The number of carbonyl (C=O) groups is 1. The first kappa shape index (κ1) is 16.0. The van der Waals surface area contributed by atoms with E-state index in [2.05, 4.69) is 5.32 Å². The van der Waals surface area contributed by atoms with Crippen LogP contribution >= 0.6 is 0 Å². The highest BCUT2D eigenvalue weighted by molar-refractivity contribution is 5.81. The summed E-state index contributed by atoms with van der Waals surface area (Å²) in [6.07, 6.45) is 2.91. The number of hydrogen-bond acceptors (Lipinski definition) is 4. The van der Waals surface area contributed by atoms with E-state index >= 15 is 0 Å². The summed E-state index contributed by atoms with van der Waals surface area (Å²) in [5.74, 6) is 0.601. The van der Waals surface area contributed by atoms with Gasteiger partial charge in [-0.2, -0.15) is 0 Å². The van der Waals surface area contributed by atoms with Crippen molar-refractivity contribution in [3.8, 4) is 0 Å². The minimum absolute atomic E-state index is 0.120. The van der Waals surface area contributed by atoms with E-state index in [0.29, 0.717) is 13.2 Å². The van der Waals surface area contributed by atoms with E-state index in [-0.39, 0.29) is 12.0 Å². The molecule has 1 fully saturated rings. The molecule has 0 saturated carbocycles. The Morgan fingerprint density at radius 3 is 3.04 bits per heavy atom. The first-order chi connectivity index (χ1) is 11.2. The number of rotatable bonds is 6. The predicted octanol–water partition coefficient (Wildman–Crippen LogP) is 3.02. The summed E-state index contributed by atoms with van der Waals surface area (Å²) in [4.78, 5) is 12.1. The second-order valence-electron chi connectivity index (χ2n) is 5.93. The van der Waals surface area contributed by atoms with Gasteiger partial charge < -0.3 is 19.2 Å². The van der Waals surface area contributed by atoms with Gasteiger partial charge in [-0.3, -0.25) is 4.79 Å². The Hall–Kier alpha value is -1.85. The fraction of sp³-hybridized carbons (Fsp3) is 0.500. The highest BCUT2D eigenvalue weighted by Gasteiger charge is 2.19. The Kier molecular flexibility index (Phi) is 5.31. The normalized spacial score (nSPS) is 19.6. The summed E-state index contributed by atoms with van der Waals surface area (Å²) in [5, 5.41) is 3.89. The summed E-state index contributed by atoms with van der Waals surface area (Å²) in [6.45, 7) is 3.39. The third kappa shape index (κ3) is 4.33. The molecule has 1 aromatic heterocycles. The van der Waals surface area contributed by atoms with Gasteiger partial charge in [0.25, 0.3) is 0 Å². The van der Waals surface area contributed by atoms with Crippen LogP contribution in [-0.4, -0.2) is 31.3 Å². The highest BCUT2D eigenvalue weighted by atomic mass is 16.5. The molecule has 1 saturated heterocycles. The van der Waals surface area contributed by atoms with Gasteiger partial charge in [-0.15, -0.1) is 0 Å². The molecule has 2 unspecified atom stereocenters. The summed E-state index contributed by atoms with van der Waals surface area (Å²) >= 11 is 0. The molecule has 1 aromatic carbocycles. The lowest BCUT2D eigenvalue weighted by Crippen LogP contribution is -2.36. The van der Waals surface area contributed by atoms with E-state index < -0.39 is 6.10 Å². The van der Waals surface area contributed by atoms with Crippen LogP contribution in [0.25, 0.3) is 11.0 Å². The summed E-state index contributed by atoms with van der Waals surface area (Å²) in [6, 6.07) is 9.73. The Morgan fingerprint density at radius 1 is 1.39 bits per heavy atom. The first-order valence-corrected chi connectivity index (χ1v) is 8.21. The second-order valence-corrected chi connectivity index (χ2v) is 5.93. The molecular weight excluding hydrogens is 294 g/mol. The van der Waals surface area contributed by atoms with E-state index in [1.54, 1.807) is 6.92 Å². The number of benzene rings is 1. The van der Waals surface area contributed by atoms with Crippen molar-refractivity contribution in [3.05, 3.63) is 36.1 Å². The molecule has 1 aliphatic heterocycles. The monoisotopic (exact) mass is 317 g/mol. The topological polar surface area (TPSA) is 60.7 Å². The van der Waals surface area contributed by atoms with Crippen LogP contribution < -0.4 is 5.32 Å². The van der Waals surface area contributed by atoms with Crippen molar-refractivity contribution >= 4 is 16.9 Å². The van der Waals surface area contributed by atoms with Gasteiger partial charge in [-0.1, -0.05) is 18.2 Å². The molecule has 0 spiro atoms. The molecule has 1 amide bonds. The highest BCUT2D eigenvalue weighted by Crippen LogP contribution is 2.18. The Labute approximate surface area is 135 Å². The molecule has 3 rings (SSSR count). The molecule has 0 radical (unpaired) electrons. The average molecular weight is 317 g/mol. The van der Waals surface area contributed by atoms with E-state index in [1.807, 2.05) is 30.3 Å². The van der Waals surface area contributed by atoms with Gasteiger partial charge >= 0.3 is 0 Å². The molecule has 2 atom stereocenters. The lowest BCUT2D eigenvalue weighted by atomic mass is 10.1. The van der Waals surface area contributed by atoms with Crippen molar-refractivity contribution in [1.29, 1.82) is 0 Å². The fourth-order valence-corrected chi connectivity index (χ4v) is 2.71. The molecule has 2 aromatic rings. The number of fused-ring (bicyclic) bond motifs is 1. The second kappa shape index (κ2) is 7.62. The quantitative estimate of drug-likeness (QED) is 0.889. The van der Waals surface area contributed by atoms with Crippen molar-refractivity contribution in [2.45, 2.75) is 44.9 Å². The molecule has 23 heavy (non-hydrogen) atoms. The number of hydrogen-bond donors (Lipinski definition) is 1. The lowest BCUT2D eigenvalue weighted by molar-refractivity contribution is -0.135. The Bertz CT molecular complexity index is 612. The van der Waals surface area contributed by atoms with Crippen LogP contribution in [0.4, 0.5) is 0 Å². The van der Waals surface area contributed by atoms with Crippen molar-refractivity contribution < 1.29 is 18.7 Å². The first-order valence-electron chi connectivity index (χ1n) is 8.21. The van der Waals surface area contributed by atoms with E-state index in [1.165, 1.54) is 6.42 Å². The zero-order valence-corrected chi connectivity index (χ0v) is 13.4. The van der Waals surface area contributed by atoms with Gasteiger partial charge in [0.15, 0.2) is 0 Å². The van der Waals surface area contributed by atoms with Gasteiger partial charge in [-0.25, -0.2) is 0 Å². The van der Waals surface area contributed by atoms with Gasteiger partial charge in [-0.05, 0) is 38.3 Å². The minimum atomic E-state index is -0.495. The number of nitrogens with one attached hydrogen (secondary N) is 1. The van der Waals surface area contributed by atoms with Gasteiger partial charge in [0.2, 0.25) is 5.91 Å². The lowest BCUT2D eigenvalue weighted by Gasteiger charge is -2.23. The molecule has 5 heteroatoms. The van der Waals surface area contributed by atoms with Gasteiger partial charge in [0.1, 0.15) is 17.4 Å². The van der Waals surface area contributed by atoms with Crippen molar-refractivity contribution in [3.63, 3.8) is 0 Å². The molecule has 0 aliphatic carbocycles. The average Bonchev–Trinajstić information content (AvgIpc) is 3.01. The third-order valence-corrected chi connectivity index (χ3v) is 4.09. The molecule has 124 valence electrons. The Morgan fingerprint density at radius 2 is 2.26 bits per heavy atom. The van der Waals surface area contributed by atoms with Crippen LogP contribution in [-0.2, 0) is 20.8 Å². The maximum atomic E-state index is 12.1. The summed E-state index contributed by atoms with van der Waals surface area (Å²) in [7, 11) is 0. The largest absolute Gasteiger partial charge is 0.459 e. The molecule has 2 heterocycles. The summed E-state index contributed by atoms with van der Waals surface area (Å²) in [5.41, 5.74) is 0.829. The van der Waals surface area contributed by atoms with Crippen LogP contribution in [0.2, 0.25) is 0 Å². The number of furan rings is 1. The van der Waals surface area contributed by atoms with E-state index in [9.17, 15) is 4.79 Å². The number of amides is 1. The molecule has 0 bridgehead atoms. The van der Waals surface area contributed by atoms with Crippen LogP contribution in [0.1, 0.15) is 31.9 Å². The maximum Gasteiger partial charge on any atom is 0.249 e. The molecule has 1 N–H and O–H groups in total. The fourth-order valence-electron chi connectivity index (χ4n) is 2.71. The van der Waals surface area contributed by atoms with Crippen molar-refractivity contribution in [1.82, 2.24) is 5.32 Å². The summed E-state index contributed by atoms with van der Waals surface area (Å²) < 4.78 is 16.9. The smallest absolute Gasteiger partial charge is 0.249 e. The predicted molar refractivity (Wildman–Crippen MR) is 87.1 cm³/mol. The molecular formula is C18H23NO4. The van der Waals surface area contributed by atoms with Crippen molar-refractivity contribution in [2.24, 2.45) is 0 Å². The standard InChI is InChI=1S/C18H23NO4/c1-13(22-12-15-7-4-5-9-21-15)18(20)19-11-16-10-14-6-2-3-8-17(14)23-16/h2-3,6,8,10,13,15H,4-5,7,9,11-12H2,1H3,(H,19,20). The molecule has 1 aliphatic rings. The SMILES string of the molecule is CC(OCC1CCCCO1)C(=O)NCc1cc2ccccc2o1. The molecule has 5 nitrogen and oxygen atoms in total. The number of carbonyl (C=O) groups excluding carboxylic acids is 1. The van der Waals surface area contributed by atoms with E-state index in [0.717, 1.165) is 36.2 Å². The Balaban J connectivity index is 1.44. The zero-order chi connectivity index (χ0) is 16.1. The van der Waals surface area contributed by atoms with Crippen LogP contribution in [0.5, 0.6) is 0 Å². The number of ether oxygens (including phenoxy) is 2. The maximum absolute atomic E-state index is 12.1. The third-order valence-electron chi connectivity index (χ3n) is 4.09. The van der Waals surface area contributed by atoms with Crippen LogP contribution in [0, 0.1) is 0 Å². The number of para-hydroxylation sites is 1. The van der Waals surface area contributed by atoms with E-state index in [4.69, 9.17) is 13.9 Å². The zero-order valence-electron chi connectivity index (χ0n) is 13.4. The van der Waals surface area contributed by atoms with Gasteiger partial charge in [0.05, 0.1) is 19.3 Å². The van der Waals surface area contributed by atoms with Crippen LogP contribution in [0.3, 0.4) is 0 Å².